The fourth-order valence-electron chi connectivity index (χ4n) is 4.69. The van der Waals surface area contributed by atoms with Crippen molar-refractivity contribution in [2.24, 2.45) is 12.5 Å². The first-order valence-corrected chi connectivity index (χ1v) is 10.1. The number of methoxy groups -OCH3 is 1. The first kappa shape index (κ1) is 19.9. The molecule has 0 bridgehead atoms. The number of aryl methyl sites for hydroxylation is 1. The summed E-state index contributed by atoms with van der Waals surface area (Å²) in [7, 11) is 3.70. The van der Waals surface area contributed by atoms with Gasteiger partial charge in [0, 0.05) is 33.0 Å². The van der Waals surface area contributed by atoms with Crippen LogP contribution in [0.15, 0.2) is 6.33 Å². The number of carbonyl (C=O) groups is 1. The lowest BCUT2D eigenvalue weighted by atomic mass is 9.81. The van der Waals surface area contributed by atoms with Crippen molar-refractivity contribution in [1.29, 1.82) is 0 Å². The van der Waals surface area contributed by atoms with Gasteiger partial charge in [-0.15, -0.1) is 0 Å². The first-order valence-electron chi connectivity index (χ1n) is 10.1. The monoisotopic (exact) mass is 403 g/mol. The van der Waals surface area contributed by atoms with Crippen molar-refractivity contribution in [3.05, 3.63) is 12.2 Å². The number of aromatic nitrogens is 4. The van der Waals surface area contributed by atoms with E-state index in [-0.39, 0.29) is 23.7 Å². The van der Waals surface area contributed by atoms with Crippen LogP contribution in [0.2, 0.25) is 0 Å². The van der Waals surface area contributed by atoms with Crippen LogP contribution in [0, 0.1) is 5.41 Å². The Morgan fingerprint density at radius 3 is 2.62 bits per heavy atom. The van der Waals surface area contributed by atoms with E-state index >= 15 is 0 Å². The largest absolute Gasteiger partial charge is 0.470 e. The van der Waals surface area contributed by atoms with Gasteiger partial charge in [-0.05, 0) is 18.3 Å². The lowest BCUT2D eigenvalue weighted by Gasteiger charge is -2.36. The fraction of sp³-hybridized carbons (Fsp3) is 0.700. The molecule has 2 fully saturated rings. The summed E-state index contributed by atoms with van der Waals surface area (Å²) in [5.74, 6) is 1.72. The van der Waals surface area contributed by atoms with Crippen molar-refractivity contribution in [3.8, 4) is 5.88 Å². The van der Waals surface area contributed by atoms with E-state index in [2.05, 4.69) is 9.97 Å². The Labute approximate surface area is 170 Å². The number of ether oxygens (including phenoxy) is 2. The number of carboxylic acid groups (broad SMARTS) is 1. The van der Waals surface area contributed by atoms with Crippen LogP contribution in [0.4, 0.5) is 4.79 Å². The van der Waals surface area contributed by atoms with E-state index in [1.54, 1.807) is 7.11 Å². The molecule has 158 valence electrons. The Balaban J connectivity index is 1.64. The highest BCUT2D eigenvalue weighted by Gasteiger charge is 2.46. The third-order valence-corrected chi connectivity index (χ3v) is 6.19. The van der Waals surface area contributed by atoms with Crippen LogP contribution in [0.1, 0.15) is 51.8 Å². The third kappa shape index (κ3) is 3.41. The van der Waals surface area contributed by atoms with Crippen LogP contribution >= 0.6 is 0 Å². The summed E-state index contributed by atoms with van der Waals surface area (Å²) in [5.41, 5.74) is 1.10. The smallest absolute Gasteiger partial charge is 0.407 e. The standard InChI is InChI=1S/C20H29N5O4/c1-20(2,3)15-13(6-7-25(15)19(26)27)29-18-14-17(21-10-22-18)24(4)16(23-14)11-8-12(9-11)28-5/h10-13,15H,6-9H2,1-5H3,(H,26,27). The molecule has 2 aliphatic rings. The van der Waals surface area contributed by atoms with Gasteiger partial charge in [-0.3, -0.25) is 0 Å². The molecule has 2 atom stereocenters. The molecule has 9 heteroatoms. The molecule has 1 saturated heterocycles. The van der Waals surface area contributed by atoms with Crippen LogP contribution in [-0.4, -0.2) is 67.5 Å². The Bertz CT molecular complexity index is 915. The quantitative estimate of drug-likeness (QED) is 0.837. The molecule has 4 rings (SSSR count). The minimum atomic E-state index is -0.915. The fourth-order valence-corrected chi connectivity index (χ4v) is 4.69. The van der Waals surface area contributed by atoms with Gasteiger partial charge in [-0.1, -0.05) is 20.8 Å². The topological polar surface area (TPSA) is 103 Å². The predicted octanol–water partition coefficient (Wildman–Crippen LogP) is 2.80. The van der Waals surface area contributed by atoms with Gasteiger partial charge in [0.2, 0.25) is 5.88 Å². The van der Waals surface area contributed by atoms with Gasteiger partial charge in [-0.2, -0.15) is 4.98 Å². The van der Waals surface area contributed by atoms with Crippen LogP contribution in [0.5, 0.6) is 5.88 Å². The number of imidazole rings is 1. The van der Waals surface area contributed by atoms with Gasteiger partial charge in [-0.25, -0.2) is 14.8 Å². The van der Waals surface area contributed by atoms with Gasteiger partial charge < -0.3 is 24.0 Å². The highest BCUT2D eigenvalue weighted by molar-refractivity contribution is 5.77. The van der Waals surface area contributed by atoms with Crippen LogP contribution in [0.3, 0.4) is 0 Å². The highest BCUT2D eigenvalue weighted by Crippen LogP contribution is 2.40. The van der Waals surface area contributed by atoms with E-state index in [1.165, 1.54) is 11.2 Å². The van der Waals surface area contributed by atoms with E-state index in [1.807, 2.05) is 32.4 Å². The van der Waals surface area contributed by atoms with Crippen molar-refractivity contribution in [2.45, 2.75) is 64.2 Å². The van der Waals surface area contributed by atoms with E-state index < -0.39 is 6.09 Å². The summed E-state index contributed by atoms with van der Waals surface area (Å²) >= 11 is 0. The van der Waals surface area contributed by atoms with Crippen LogP contribution < -0.4 is 4.74 Å². The average molecular weight is 403 g/mol. The molecule has 29 heavy (non-hydrogen) atoms. The van der Waals surface area contributed by atoms with E-state index in [4.69, 9.17) is 14.5 Å². The first-order chi connectivity index (χ1) is 13.7. The van der Waals surface area contributed by atoms with Crippen molar-refractivity contribution in [1.82, 2.24) is 24.4 Å². The van der Waals surface area contributed by atoms with Gasteiger partial charge in [0.05, 0.1) is 12.1 Å². The molecule has 0 spiro atoms. The molecule has 1 aliphatic carbocycles. The zero-order valence-corrected chi connectivity index (χ0v) is 17.6. The van der Waals surface area contributed by atoms with Crippen molar-refractivity contribution in [3.63, 3.8) is 0 Å². The molecule has 2 unspecified atom stereocenters. The molecule has 3 heterocycles. The molecule has 2 aromatic heterocycles. The normalized spacial score (nSPS) is 27.3. The van der Waals surface area contributed by atoms with Crippen LogP contribution in [-0.2, 0) is 11.8 Å². The molecule has 0 aromatic carbocycles. The third-order valence-electron chi connectivity index (χ3n) is 6.19. The minimum absolute atomic E-state index is 0.262. The molecular weight excluding hydrogens is 374 g/mol. The SMILES string of the molecule is COC1CC(c2nc3c(OC4CCN(C(=O)O)C4C(C)(C)C)ncnc3n2C)C1. The van der Waals surface area contributed by atoms with Crippen LogP contribution in [0.25, 0.3) is 11.2 Å². The minimum Gasteiger partial charge on any atom is -0.470 e. The maximum absolute atomic E-state index is 11.7. The summed E-state index contributed by atoms with van der Waals surface area (Å²) in [5, 5.41) is 9.60. The summed E-state index contributed by atoms with van der Waals surface area (Å²) in [6.07, 6.45) is 3.08. The Hall–Kier alpha value is -2.42. The number of hydrogen-bond acceptors (Lipinski definition) is 6. The molecule has 1 aliphatic heterocycles. The summed E-state index contributed by atoms with van der Waals surface area (Å²) in [4.78, 5) is 26.7. The number of hydrogen-bond donors (Lipinski definition) is 1. The molecular formula is C20H29N5O4. The molecule has 0 radical (unpaired) electrons. The summed E-state index contributed by atoms with van der Waals surface area (Å²) in [6, 6.07) is -0.262. The average Bonchev–Trinajstić information content (AvgIpc) is 3.17. The van der Waals surface area contributed by atoms with Crippen molar-refractivity contribution >= 4 is 17.3 Å². The molecule has 1 N–H and O–H groups in total. The Morgan fingerprint density at radius 2 is 2.00 bits per heavy atom. The zero-order chi connectivity index (χ0) is 20.9. The van der Waals surface area contributed by atoms with Crippen molar-refractivity contribution < 1.29 is 19.4 Å². The molecule has 1 amide bonds. The highest BCUT2D eigenvalue weighted by atomic mass is 16.5. The van der Waals surface area contributed by atoms with E-state index in [0.29, 0.717) is 30.3 Å². The molecule has 2 aromatic rings. The van der Waals surface area contributed by atoms with Gasteiger partial charge in [0.1, 0.15) is 18.3 Å². The number of nitrogens with zero attached hydrogens (tertiary/aromatic N) is 5. The molecule has 9 nitrogen and oxygen atoms in total. The van der Waals surface area contributed by atoms with E-state index in [9.17, 15) is 9.90 Å². The number of amides is 1. The second-order valence-electron chi connectivity index (χ2n) is 9.14. The second-order valence-corrected chi connectivity index (χ2v) is 9.14. The number of fused-ring (bicyclic) bond motifs is 1. The van der Waals surface area contributed by atoms with Crippen molar-refractivity contribution in [2.75, 3.05) is 13.7 Å². The van der Waals surface area contributed by atoms with Gasteiger partial charge in [0.15, 0.2) is 11.2 Å². The van der Waals surface area contributed by atoms with Gasteiger partial charge >= 0.3 is 6.09 Å². The summed E-state index contributed by atoms with van der Waals surface area (Å²) < 4.78 is 13.7. The second kappa shape index (κ2) is 7.12. The Morgan fingerprint density at radius 1 is 1.28 bits per heavy atom. The summed E-state index contributed by atoms with van der Waals surface area (Å²) in [6.45, 7) is 6.55. The Kier molecular flexibility index (Phi) is 4.88. The lowest BCUT2D eigenvalue weighted by Crippen LogP contribution is -2.48. The number of rotatable bonds is 4. The predicted molar refractivity (Wildman–Crippen MR) is 106 cm³/mol. The maximum Gasteiger partial charge on any atom is 0.407 e. The zero-order valence-electron chi connectivity index (χ0n) is 17.6. The lowest BCUT2D eigenvalue weighted by molar-refractivity contribution is 0.0231. The molecule has 1 saturated carbocycles. The van der Waals surface area contributed by atoms with E-state index in [0.717, 1.165) is 24.3 Å². The maximum atomic E-state index is 11.7. The van der Waals surface area contributed by atoms with Gasteiger partial charge in [0.25, 0.3) is 0 Å². The number of likely N-dealkylation sites (tertiary alicyclic amines) is 1.